The third-order valence-corrected chi connectivity index (χ3v) is 5.24. The summed E-state index contributed by atoms with van der Waals surface area (Å²) in [5.41, 5.74) is 0.505. The lowest BCUT2D eigenvalue weighted by molar-refractivity contribution is 0.112. The lowest BCUT2D eigenvalue weighted by Crippen LogP contribution is -2.22. The minimum Gasteiger partial charge on any atom is -0.393 e. The molecular weight excluding hydrogens is 397 g/mol. The highest BCUT2D eigenvalue weighted by Crippen LogP contribution is 2.35. The SMILES string of the molecule is CCCNc1ncc2nc(Nc3c(F)cc(F)cc3F)n(C3CCC(O)CC3)c2n1. The van der Waals surface area contributed by atoms with Crippen molar-refractivity contribution in [2.75, 3.05) is 17.2 Å². The fourth-order valence-electron chi connectivity index (χ4n) is 3.74. The molecule has 4 rings (SSSR count). The Kier molecular flexibility index (Phi) is 5.76. The van der Waals surface area contributed by atoms with Gasteiger partial charge in [0.2, 0.25) is 11.9 Å². The van der Waals surface area contributed by atoms with Crippen molar-refractivity contribution < 1.29 is 18.3 Å². The lowest BCUT2D eigenvalue weighted by atomic mass is 9.93. The topological polar surface area (TPSA) is 87.9 Å². The van der Waals surface area contributed by atoms with Gasteiger partial charge in [-0.2, -0.15) is 4.98 Å². The summed E-state index contributed by atoms with van der Waals surface area (Å²) < 4.78 is 43.5. The van der Waals surface area contributed by atoms with Crippen molar-refractivity contribution in [3.8, 4) is 0 Å². The quantitative estimate of drug-likeness (QED) is 0.552. The molecule has 0 spiro atoms. The Bertz CT molecular complexity index is 1030. The Morgan fingerprint density at radius 1 is 1.10 bits per heavy atom. The van der Waals surface area contributed by atoms with Crippen LogP contribution >= 0.6 is 0 Å². The van der Waals surface area contributed by atoms with Crippen molar-refractivity contribution in [2.45, 2.75) is 51.2 Å². The molecule has 2 aromatic heterocycles. The summed E-state index contributed by atoms with van der Waals surface area (Å²) in [7, 11) is 0. The Balaban J connectivity index is 1.79. The number of halogens is 3. The van der Waals surface area contributed by atoms with Crippen LogP contribution in [0.3, 0.4) is 0 Å². The van der Waals surface area contributed by atoms with Crippen LogP contribution in [-0.2, 0) is 0 Å². The maximum Gasteiger partial charge on any atom is 0.224 e. The van der Waals surface area contributed by atoms with E-state index in [4.69, 9.17) is 0 Å². The number of aliphatic hydroxyl groups is 1. The number of benzene rings is 1. The molecule has 0 bridgehead atoms. The Morgan fingerprint density at radius 3 is 2.47 bits per heavy atom. The minimum atomic E-state index is -1.05. The van der Waals surface area contributed by atoms with Gasteiger partial charge in [-0.1, -0.05) is 6.92 Å². The molecule has 0 aliphatic heterocycles. The number of aromatic nitrogens is 4. The van der Waals surface area contributed by atoms with Crippen molar-refractivity contribution in [2.24, 2.45) is 0 Å². The highest BCUT2D eigenvalue weighted by Gasteiger charge is 2.27. The molecule has 160 valence electrons. The average Bonchev–Trinajstić information content (AvgIpc) is 3.07. The Hall–Kier alpha value is -2.88. The number of nitrogens with one attached hydrogen (secondary N) is 2. The van der Waals surface area contributed by atoms with E-state index in [-0.39, 0.29) is 18.1 Å². The Morgan fingerprint density at radius 2 is 1.80 bits per heavy atom. The normalized spacial score (nSPS) is 19.2. The van der Waals surface area contributed by atoms with Crippen LogP contribution in [0.15, 0.2) is 18.3 Å². The molecule has 0 atom stereocenters. The molecule has 3 N–H and O–H groups in total. The van der Waals surface area contributed by atoms with Gasteiger partial charge in [0, 0.05) is 24.7 Å². The van der Waals surface area contributed by atoms with Gasteiger partial charge in [0.05, 0.1) is 12.3 Å². The number of hydrogen-bond donors (Lipinski definition) is 3. The number of rotatable bonds is 6. The monoisotopic (exact) mass is 420 g/mol. The van der Waals surface area contributed by atoms with E-state index in [0.717, 1.165) is 6.42 Å². The molecule has 0 unspecified atom stereocenters. The molecule has 0 saturated heterocycles. The molecule has 7 nitrogen and oxygen atoms in total. The lowest BCUT2D eigenvalue weighted by Gasteiger charge is -2.28. The molecule has 2 heterocycles. The molecule has 1 aliphatic carbocycles. The van der Waals surface area contributed by atoms with Crippen LogP contribution in [0.1, 0.15) is 45.1 Å². The summed E-state index contributed by atoms with van der Waals surface area (Å²) in [4.78, 5) is 13.2. The zero-order chi connectivity index (χ0) is 21.3. The molecule has 1 aliphatic rings. The summed E-state index contributed by atoms with van der Waals surface area (Å²) >= 11 is 0. The molecule has 30 heavy (non-hydrogen) atoms. The van der Waals surface area contributed by atoms with E-state index in [0.29, 0.717) is 61.5 Å². The van der Waals surface area contributed by atoms with Crippen LogP contribution in [0.4, 0.5) is 30.8 Å². The van der Waals surface area contributed by atoms with E-state index in [2.05, 4.69) is 25.6 Å². The molecule has 10 heteroatoms. The fourth-order valence-corrected chi connectivity index (χ4v) is 3.74. The predicted molar refractivity (Wildman–Crippen MR) is 107 cm³/mol. The summed E-state index contributed by atoms with van der Waals surface area (Å²) in [5, 5.41) is 15.7. The molecule has 3 aromatic rings. The van der Waals surface area contributed by atoms with Gasteiger partial charge in [0.1, 0.15) is 17.0 Å². The van der Waals surface area contributed by atoms with E-state index in [1.165, 1.54) is 0 Å². The summed E-state index contributed by atoms with van der Waals surface area (Å²) in [5.74, 6) is -2.48. The van der Waals surface area contributed by atoms with Crippen LogP contribution in [0.2, 0.25) is 0 Å². The molecule has 1 fully saturated rings. The summed E-state index contributed by atoms with van der Waals surface area (Å²) in [6.07, 6.45) is 4.63. The molecular formula is C20H23F3N6O. The first kappa shape index (κ1) is 20.4. The molecule has 1 aromatic carbocycles. The zero-order valence-electron chi connectivity index (χ0n) is 16.5. The van der Waals surface area contributed by atoms with Gasteiger partial charge < -0.3 is 15.7 Å². The first-order chi connectivity index (χ1) is 14.5. The third-order valence-electron chi connectivity index (χ3n) is 5.24. The van der Waals surface area contributed by atoms with Crippen LogP contribution in [-0.4, -0.2) is 37.3 Å². The minimum absolute atomic E-state index is 0.0682. The van der Waals surface area contributed by atoms with Crippen LogP contribution in [0, 0.1) is 17.5 Å². The second-order valence-electron chi connectivity index (χ2n) is 7.47. The maximum atomic E-state index is 14.2. The smallest absolute Gasteiger partial charge is 0.224 e. The number of anilines is 3. The van der Waals surface area contributed by atoms with Crippen molar-refractivity contribution in [1.29, 1.82) is 0 Å². The van der Waals surface area contributed by atoms with E-state index in [1.54, 1.807) is 10.8 Å². The predicted octanol–water partition coefficient (Wildman–Crippen LogP) is 4.29. The number of nitrogens with zero attached hydrogens (tertiary/aromatic N) is 4. The van der Waals surface area contributed by atoms with Gasteiger partial charge >= 0.3 is 0 Å². The maximum absolute atomic E-state index is 14.2. The second kappa shape index (κ2) is 8.47. The van der Waals surface area contributed by atoms with Gasteiger partial charge in [-0.15, -0.1) is 0 Å². The highest BCUT2D eigenvalue weighted by molar-refractivity contribution is 5.76. The van der Waals surface area contributed by atoms with E-state index in [9.17, 15) is 18.3 Å². The van der Waals surface area contributed by atoms with Gasteiger partial charge in [-0.25, -0.2) is 23.1 Å². The number of hydrogen-bond acceptors (Lipinski definition) is 6. The van der Waals surface area contributed by atoms with Crippen molar-refractivity contribution in [3.05, 3.63) is 35.8 Å². The van der Waals surface area contributed by atoms with Crippen LogP contribution in [0.25, 0.3) is 11.2 Å². The number of imidazole rings is 1. The largest absolute Gasteiger partial charge is 0.393 e. The highest BCUT2D eigenvalue weighted by atomic mass is 19.1. The van der Waals surface area contributed by atoms with Crippen molar-refractivity contribution in [3.63, 3.8) is 0 Å². The molecule has 1 saturated carbocycles. The first-order valence-corrected chi connectivity index (χ1v) is 10.0. The zero-order valence-corrected chi connectivity index (χ0v) is 16.5. The summed E-state index contributed by atoms with van der Waals surface area (Å²) in [6.45, 7) is 2.73. The first-order valence-electron chi connectivity index (χ1n) is 10.0. The van der Waals surface area contributed by atoms with E-state index in [1.807, 2.05) is 6.92 Å². The van der Waals surface area contributed by atoms with E-state index >= 15 is 0 Å². The Labute approximate surface area is 171 Å². The van der Waals surface area contributed by atoms with Crippen molar-refractivity contribution in [1.82, 2.24) is 19.5 Å². The molecule has 0 radical (unpaired) electrons. The third kappa shape index (κ3) is 4.04. The molecule has 0 amide bonds. The van der Waals surface area contributed by atoms with Gasteiger partial charge in [-0.3, -0.25) is 4.57 Å². The van der Waals surface area contributed by atoms with Crippen LogP contribution in [0.5, 0.6) is 0 Å². The summed E-state index contributed by atoms with van der Waals surface area (Å²) in [6, 6.07) is 1.16. The average molecular weight is 420 g/mol. The number of aliphatic hydroxyl groups excluding tert-OH is 1. The van der Waals surface area contributed by atoms with Gasteiger partial charge in [0.25, 0.3) is 0 Å². The van der Waals surface area contributed by atoms with Gasteiger partial charge in [-0.05, 0) is 32.1 Å². The second-order valence-corrected chi connectivity index (χ2v) is 7.47. The number of fused-ring (bicyclic) bond motifs is 1. The fraction of sp³-hybridized carbons (Fsp3) is 0.450. The van der Waals surface area contributed by atoms with Gasteiger partial charge in [0.15, 0.2) is 17.3 Å². The van der Waals surface area contributed by atoms with Crippen molar-refractivity contribution >= 4 is 28.7 Å². The van der Waals surface area contributed by atoms with Crippen LogP contribution < -0.4 is 10.6 Å². The standard InChI is InChI=1S/C20H23F3N6O/c1-2-7-24-19-25-10-16-18(28-19)29(12-3-5-13(30)6-4-12)20(26-16)27-17-14(22)8-11(21)9-15(17)23/h8-10,12-13,30H,2-7H2,1H3,(H,26,27)(H,24,25,28). The van der Waals surface area contributed by atoms with E-state index < -0.39 is 23.1 Å².